The van der Waals surface area contributed by atoms with E-state index in [2.05, 4.69) is 4.98 Å². The minimum atomic E-state index is -5.78. The van der Waals surface area contributed by atoms with Crippen molar-refractivity contribution in [3.05, 3.63) is 47.2 Å². The van der Waals surface area contributed by atoms with Crippen LogP contribution in [0.25, 0.3) is 0 Å². The number of halogens is 5. The Balaban J connectivity index is 1.25. The fourth-order valence-corrected chi connectivity index (χ4v) is 6.07. The minimum Gasteiger partial charge on any atom is -0.497 e. The van der Waals surface area contributed by atoms with Gasteiger partial charge in [-0.1, -0.05) is 0 Å². The number of piperidine rings is 1. The summed E-state index contributed by atoms with van der Waals surface area (Å²) in [6, 6.07) is 5.78. The summed E-state index contributed by atoms with van der Waals surface area (Å²) < 4.78 is 78.1. The number of hydrogen-bond acceptors (Lipinski definition) is 6. The summed E-state index contributed by atoms with van der Waals surface area (Å²) >= 11 is 0. The summed E-state index contributed by atoms with van der Waals surface area (Å²) in [6.07, 6.45) is -0.725. The van der Waals surface area contributed by atoms with E-state index in [-0.39, 0.29) is 23.8 Å². The Hall–Kier alpha value is -3.64. The van der Waals surface area contributed by atoms with Crippen molar-refractivity contribution >= 4 is 17.6 Å². The minimum absolute atomic E-state index is 0.0599. The van der Waals surface area contributed by atoms with Crippen molar-refractivity contribution in [1.29, 1.82) is 0 Å². The molecule has 2 aliphatic heterocycles. The van der Waals surface area contributed by atoms with E-state index in [1.807, 2.05) is 11.0 Å². The van der Waals surface area contributed by atoms with Gasteiger partial charge in [0.1, 0.15) is 5.75 Å². The summed E-state index contributed by atoms with van der Waals surface area (Å²) in [7, 11) is 1.42. The highest BCUT2D eigenvalue weighted by Gasteiger charge is 2.60. The first-order valence-electron chi connectivity index (χ1n) is 14.3. The van der Waals surface area contributed by atoms with Crippen LogP contribution in [0.3, 0.4) is 0 Å². The number of aromatic nitrogens is 1. The predicted molar refractivity (Wildman–Crippen MR) is 146 cm³/mol. The average Bonchev–Trinajstić information content (AvgIpc) is 3.78. The van der Waals surface area contributed by atoms with Gasteiger partial charge in [-0.15, -0.1) is 0 Å². The van der Waals surface area contributed by atoms with Gasteiger partial charge in [0, 0.05) is 31.4 Å². The topological polar surface area (TPSA) is 92.2 Å². The summed E-state index contributed by atoms with van der Waals surface area (Å²) in [5, 5.41) is 9.31. The molecule has 2 fully saturated rings. The Morgan fingerprint density at radius 2 is 1.81 bits per heavy atom. The quantitative estimate of drug-likeness (QED) is 0.309. The molecule has 1 aromatic carbocycles. The van der Waals surface area contributed by atoms with Crippen molar-refractivity contribution in [3.63, 3.8) is 0 Å². The predicted octanol–water partition coefficient (Wildman–Crippen LogP) is 6.07. The molecule has 5 rings (SSSR count). The molecule has 1 N–H and O–H groups in total. The number of carboxylic acid groups (broad SMARTS) is 1. The van der Waals surface area contributed by atoms with E-state index in [0.717, 1.165) is 18.4 Å². The van der Waals surface area contributed by atoms with Gasteiger partial charge in [-0.2, -0.15) is 22.0 Å². The van der Waals surface area contributed by atoms with Crippen LogP contribution in [-0.4, -0.2) is 72.3 Å². The molecule has 1 amide bonds. The standard InChI is InChI=1S/C30H34F5N3O5/c1-17-22-12-21(42-2)13-24(27(22)28(41)38(17)16-29(31,32)30(33,34)35)37-9-6-18(7-10-37)15-43-25-11-20(5-8-36-25)23(14-26(39)40)19-3-4-19/h5,8,11-13,17-19,23H,3-4,6-7,9-10,14-16H2,1-2H3,(H,39,40). The second-order valence-electron chi connectivity index (χ2n) is 11.6. The van der Waals surface area contributed by atoms with Crippen LogP contribution >= 0.6 is 0 Å². The van der Waals surface area contributed by atoms with Crippen LogP contribution in [0.2, 0.25) is 0 Å². The third-order valence-corrected chi connectivity index (χ3v) is 8.73. The summed E-state index contributed by atoms with van der Waals surface area (Å²) in [5.41, 5.74) is 1.81. The fourth-order valence-electron chi connectivity index (χ4n) is 6.07. The number of rotatable bonds is 11. The Morgan fingerprint density at radius 3 is 2.42 bits per heavy atom. The van der Waals surface area contributed by atoms with E-state index < -0.39 is 36.6 Å². The molecule has 2 unspecified atom stereocenters. The lowest BCUT2D eigenvalue weighted by Crippen LogP contribution is -2.47. The maximum absolute atomic E-state index is 13.9. The molecule has 1 aromatic heterocycles. The number of hydrogen-bond donors (Lipinski definition) is 1. The lowest BCUT2D eigenvalue weighted by Gasteiger charge is -2.34. The Morgan fingerprint density at radius 1 is 1.12 bits per heavy atom. The van der Waals surface area contributed by atoms with Gasteiger partial charge in [-0.3, -0.25) is 9.59 Å². The van der Waals surface area contributed by atoms with Crippen LogP contribution in [0.4, 0.5) is 27.6 Å². The highest BCUT2D eigenvalue weighted by atomic mass is 19.4. The maximum Gasteiger partial charge on any atom is 0.455 e. The van der Waals surface area contributed by atoms with Crippen LogP contribution in [0.5, 0.6) is 11.6 Å². The van der Waals surface area contributed by atoms with Crippen molar-refractivity contribution < 1.29 is 46.1 Å². The van der Waals surface area contributed by atoms with Gasteiger partial charge in [0.05, 0.1) is 44.0 Å². The zero-order valence-corrected chi connectivity index (χ0v) is 23.9. The number of alkyl halides is 5. The molecule has 234 valence electrons. The number of methoxy groups -OCH3 is 1. The van der Waals surface area contributed by atoms with Crippen molar-refractivity contribution in [2.45, 2.75) is 63.1 Å². The first-order chi connectivity index (χ1) is 20.3. The highest BCUT2D eigenvalue weighted by molar-refractivity contribution is 6.04. The summed E-state index contributed by atoms with van der Waals surface area (Å²) in [5.74, 6) is -5.52. The molecule has 3 aliphatic rings. The Labute approximate surface area is 245 Å². The number of pyridine rings is 1. The molecule has 0 radical (unpaired) electrons. The second-order valence-corrected chi connectivity index (χ2v) is 11.6. The summed E-state index contributed by atoms with van der Waals surface area (Å²) in [6.45, 7) is 1.05. The smallest absolute Gasteiger partial charge is 0.455 e. The zero-order chi connectivity index (χ0) is 31.1. The fraction of sp³-hybridized carbons (Fsp3) is 0.567. The first kappa shape index (κ1) is 30.8. The van der Waals surface area contributed by atoms with Gasteiger partial charge in [0.15, 0.2) is 0 Å². The molecular formula is C30H34F5N3O5. The molecule has 1 saturated carbocycles. The van der Waals surface area contributed by atoms with Crippen LogP contribution < -0.4 is 14.4 Å². The molecule has 0 spiro atoms. The van der Waals surface area contributed by atoms with E-state index in [4.69, 9.17) is 9.47 Å². The third kappa shape index (κ3) is 6.50. The van der Waals surface area contributed by atoms with Crippen molar-refractivity contribution in [3.8, 4) is 11.6 Å². The summed E-state index contributed by atoms with van der Waals surface area (Å²) in [4.78, 5) is 31.4. The third-order valence-electron chi connectivity index (χ3n) is 8.73. The van der Waals surface area contributed by atoms with Gasteiger partial charge in [0.25, 0.3) is 5.91 Å². The lowest BCUT2D eigenvalue weighted by atomic mass is 9.92. The molecule has 1 aliphatic carbocycles. The van der Waals surface area contributed by atoms with E-state index in [9.17, 15) is 36.6 Å². The lowest BCUT2D eigenvalue weighted by molar-refractivity contribution is -0.285. The number of amides is 1. The molecule has 3 heterocycles. The number of ether oxygens (including phenoxy) is 2. The molecule has 0 bridgehead atoms. The van der Waals surface area contributed by atoms with E-state index >= 15 is 0 Å². The molecule has 2 atom stereocenters. The van der Waals surface area contributed by atoms with Gasteiger partial charge >= 0.3 is 18.1 Å². The number of anilines is 1. The maximum atomic E-state index is 13.9. The van der Waals surface area contributed by atoms with Crippen LogP contribution in [-0.2, 0) is 4.79 Å². The largest absolute Gasteiger partial charge is 0.497 e. The number of benzene rings is 1. The van der Waals surface area contributed by atoms with E-state index in [1.54, 1.807) is 18.3 Å². The second kappa shape index (κ2) is 11.8. The molecule has 1 saturated heterocycles. The average molecular weight is 612 g/mol. The van der Waals surface area contributed by atoms with Gasteiger partial charge in [0.2, 0.25) is 5.88 Å². The van der Waals surface area contributed by atoms with Gasteiger partial charge in [-0.05, 0) is 73.6 Å². The number of aliphatic carboxylic acids is 1. The van der Waals surface area contributed by atoms with Gasteiger partial charge in [-0.25, -0.2) is 4.98 Å². The molecule has 2 aromatic rings. The molecular weight excluding hydrogens is 577 g/mol. The van der Waals surface area contributed by atoms with E-state index in [1.165, 1.54) is 20.1 Å². The van der Waals surface area contributed by atoms with Crippen LogP contribution in [0.15, 0.2) is 30.5 Å². The van der Waals surface area contributed by atoms with Crippen LogP contribution in [0, 0.1) is 11.8 Å². The SMILES string of the molecule is COc1cc2c(c(N3CCC(COc4cc(C(CC(=O)O)C5CC5)ccn4)CC3)c1)C(=O)N(CC(F)(F)C(F)(F)F)C2C. The Kier molecular flexibility index (Phi) is 8.45. The molecule has 43 heavy (non-hydrogen) atoms. The Bertz CT molecular complexity index is 1360. The molecule has 8 nitrogen and oxygen atoms in total. The van der Waals surface area contributed by atoms with E-state index in [0.29, 0.717) is 66.2 Å². The highest BCUT2D eigenvalue weighted by Crippen LogP contribution is 2.46. The van der Waals surface area contributed by atoms with Crippen molar-refractivity contribution in [2.75, 3.05) is 38.3 Å². The number of carbonyl (C=O) groups is 2. The van der Waals surface area contributed by atoms with Crippen molar-refractivity contribution in [2.24, 2.45) is 11.8 Å². The monoisotopic (exact) mass is 611 g/mol. The van der Waals surface area contributed by atoms with Crippen LogP contribution in [0.1, 0.15) is 72.5 Å². The number of nitrogens with zero attached hydrogens (tertiary/aromatic N) is 3. The number of carboxylic acids is 1. The normalized spacial score (nSPS) is 20.3. The first-order valence-corrected chi connectivity index (χ1v) is 14.3. The zero-order valence-electron chi connectivity index (χ0n) is 23.9. The number of carbonyl (C=O) groups excluding carboxylic acids is 1. The number of fused-ring (bicyclic) bond motifs is 1. The molecule has 13 heteroatoms. The van der Waals surface area contributed by atoms with Crippen molar-refractivity contribution in [1.82, 2.24) is 9.88 Å². The van der Waals surface area contributed by atoms with Gasteiger partial charge < -0.3 is 24.4 Å².